The summed E-state index contributed by atoms with van der Waals surface area (Å²) in [4.78, 5) is 26.2. The lowest BCUT2D eigenvalue weighted by molar-refractivity contribution is -0.130. The highest BCUT2D eigenvalue weighted by molar-refractivity contribution is 7.16. The lowest BCUT2D eigenvalue weighted by Gasteiger charge is -2.35. The summed E-state index contributed by atoms with van der Waals surface area (Å²) in [6.45, 7) is -0.222. The third-order valence-electron chi connectivity index (χ3n) is 4.68. The van der Waals surface area contributed by atoms with E-state index in [1.54, 1.807) is 29.8 Å². The molecule has 3 aromatic rings. The summed E-state index contributed by atoms with van der Waals surface area (Å²) in [5.41, 5.74) is 0.768. The van der Waals surface area contributed by atoms with Crippen molar-refractivity contribution in [3.8, 4) is 5.75 Å². The second-order valence-corrected chi connectivity index (χ2v) is 7.30. The van der Waals surface area contributed by atoms with E-state index in [4.69, 9.17) is 0 Å². The molecule has 0 atom stereocenters. The molecule has 0 unspecified atom stereocenters. The van der Waals surface area contributed by atoms with Gasteiger partial charge < -0.3 is 14.5 Å². The minimum Gasteiger partial charge on any atom is -0.435 e. The third kappa shape index (κ3) is 4.04. The van der Waals surface area contributed by atoms with Gasteiger partial charge in [-0.15, -0.1) is 11.3 Å². The van der Waals surface area contributed by atoms with E-state index in [9.17, 15) is 13.6 Å². The maximum Gasteiger partial charge on any atom is 0.387 e. The summed E-state index contributed by atoms with van der Waals surface area (Å²) in [6, 6.07) is 8.20. The van der Waals surface area contributed by atoms with Gasteiger partial charge in [-0.3, -0.25) is 4.79 Å². The number of hydrogen-bond acceptors (Lipinski definition) is 6. The molecule has 0 aliphatic carbocycles. The van der Waals surface area contributed by atoms with Crippen molar-refractivity contribution < 1.29 is 18.3 Å². The molecule has 2 aromatic heterocycles. The first-order chi connectivity index (χ1) is 13.6. The largest absolute Gasteiger partial charge is 0.435 e. The lowest BCUT2D eigenvalue weighted by Crippen LogP contribution is -2.49. The zero-order chi connectivity index (χ0) is 19.5. The average Bonchev–Trinajstić information content (AvgIpc) is 3.18. The van der Waals surface area contributed by atoms with Crippen molar-refractivity contribution in [1.82, 2.24) is 14.9 Å². The van der Waals surface area contributed by atoms with Crippen LogP contribution in [0.3, 0.4) is 0 Å². The van der Waals surface area contributed by atoms with Crippen LogP contribution in [-0.4, -0.2) is 53.6 Å². The van der Waals surface area contributed by atoms with Crippen LogP contribution in [0.5, 0.6) is 5.75 Å². The number of carbonyl (C=O) groups is 1. The van der Waals surface area contributed by atoms with Crippen LogP contribution in [0, 0.1) is 0 Å². The number of carbonyl (C=O) groups excluding carboxylic acids is 1. The molecule has 0 saturated carbocycles. The predicted molar refractivity (Wildman–Crippen MR) is 103 cm³/mol. The summed E-state index contributed by atoms with van der Waals surface area (Å²) >= 11 is 1.58. The lowest BCUT2D eigenvalue weighted by atomic mass is 10.1. The van der Waals surface area contributed by atoms with Crippen molar-refractivity contribution >= 4 is 33.3 Å². The predicted octanol–water partition coefficient (Wildman–Crippen LogP) is 3.18. The highest BCUT2D eigenvalue weighted by atomic mass is 32.1. The van der Waals surface area contributed by atoms with E-state index in [2.05, 4.69) is 19.6 Å². The van der Waals surface area contributed by atoms with Crippen molar-refractivity contribution in [3.05, 3.63) is 47.6 Å². The monoisotopic (exact) mass is 404 g/mol. The number of alkyl halides is 2. The van der Waals surface area contributed by atoms with Gasteiger partial charge in [-0.05, 0) is 29.1 Å². The molecule has 1 fully saturated rings. The number of fused-ring (bicyclic) bond motifs is 1. The molecule has 4 rings (SSSR count). The molecule has 0 bridgehead atoms. The zero-order valence-corrected chi connectivity index (χ0v) is 15.7. The van der Waals surface area contributed by atoms with Gasteiger partial charge in [-0.1, -0.05) is 12.1 Å². The molecule has 6 nitrogen and oxygen atoms in total. The molecule has 0 spiro atoms. The standard InChI is InChI=1S/C19H18F2N4O2S/c20-19(21)27-14-3-1-13(2-4-14)11-16(26)24-6-8-25(9-7-24)17-15-5-10-28-18(15)23-12-22-17/h1-5,10,12,19H,6-9,11H2. The van der Waals surface area contributed by atoms with Crippen LogP contribution in [0.15, 0.2) is 42.0 Å². The van der Waals surface area contributed by atoms with Crippen LogP contribution in [0.2, 0.25) is 0 Å². The molecule has 9 heteroatoms. The summed E-state index contributed by atoms with van der Waals surface area (Å²) in [6.07, 6.45) is 1.81. The molecular weight excluding hydrogens is 386 g/mol. The topological polar surface area (TPSA) is 58.6 Å². The Morgan fingerprint density at radius 1 is 1.11 bits per heavy atom. The van der Waals surface area contributed by atoms with Crippen molar-refractivity contribution in [2.24, 2.45) is 0 Å². The van der Waals surface area contributed by atoms with Crippen LogP contribution >= 0.6 is 11.3 Å². The Balaban J connectivity index is 1.34. The second kappa shape index (κ2) is 8.05. The number of amides is 1. The van der Waals surface area contributed by atoms with Gasteiger partial charge in [0.05, 0.1) is 11.8 Å². The first-order valence-electron chi connectivity index (χ1n) is 8.85. The number of nitrogens with zero attached hydrogens (tertiary/aromatic N) is 4. The van der Waals surface area contributed by atoms with Gasteiger partial charge in [-0.25, -0.2) is 9.97 Å². The normalized spacial score (nSPS) is 14.7. The molecule has 3 heterocycles. The Hall–Kier alpha value is -2.81. The number of piperazine rings is 1. The molecule has 28 heavy (non-hydrogen) atoms. The number of anilines is 1. The number of ether oxygens (including phenoxy) is 1. The third-order valence-corrected chi connectivity index (χ3v) is 5.50. The number of halogens is 2. The number of aromatic nitrogens is 2. The maximum atomic E-state index is 12.6. The Labute approximate surface area is 164 Å². The first-order valence-corrected chi connectivity index (χ1v) is 9.73. The fourth-order valence-corrected chi connectivity index (χ4v) is 4.00. The van der Waals surface area contributed by atoms with E-state index in [-0.39, 0.29) is 18.1 Å². The highest BCUT2D eigenvalue weighted by Gasteiger charge is 2.23. The Bertz CT molecular complexity index is 956. The summed E-state index contributed by atoms with van der Waals surface area (Å²) in [5.74, 6) is 1.02. The van der Waals surface area contributed by atoms with E-state index in [0.29, 0.717) is 26.2 Å². The van der Waals surface area contributed by atoms with Crippen LogP contribution in [0.1, 0.15) is 5.56 Å². The van der Waals surface area contributed by atoms with Gasteiger partial charge in [0.1, 0.15) is 22.7 Å². The average molecular weight is 404 g/mol. The SMILES string of the molecule is O=C(Cc1ccc(OC(F)F)cc1)N1CCN(c2ncnc3sccc23)CC1. The summed E-state index contributed by atoms with van der Waals surface area (Å²) in [5, 5.41) is 3.04. The summed E-state index contributed by atoms with van der Waals surface area (Å²) < 4.78 is 28.7. The van der Waals surface area contributed by atoms with E-state index in [0.717, 1.165) is 21.6 Å². The zero-order valence-electron chi connectivity index (χ0n) is 14.9. The maximum absolute atomic E-state index is 12.6. The fraction of sp³-hybridized carbons (Fsp3) is 0.316. The van der Waals surface area contributed by atoms with Gasteiger partial charge in [0.15, 0.2) is 0 Å². The van der Waals surface area contributed by atoms with Crippen LogP contribution in [0.25, 0.3) is 10.2 Å². The fourth-order valence-electron chi connectivity index (χ4n) is 3.27. The smallest absolute Gasteiger partial charge is 0.387 e. The van der Waals surface area contributed by atoms with E-state index < -0.39 is 6.61 Å². The van der Waals surface area contributed by atoms with Gasteiger partial charge in [0.25, 0.3) is 0 Å². The van der Waals surface area contributed by atoms with Gasteiger partial charge in [-0.2, -0.15) is 8.78 Å². The number of hydrogen-bond donors (Lipinski definition) is 0. The second-order valence-electron chi connectivity index (χ2n) is 6.40. The molecule has 1 aliphatic rings. The van der Waals surface area contributed by atoms with Gasteiger partial charge in [0.2, 0.25) is 5.91 Å². The van der Waals surface area contributed by atoms with Crippen molar-refractivity contribution in [1.29, 1.82) is 0 Å². The molecule has 1 saturated heterocycles. The summed E-state index contributed by atoms with van der Waals surface area (Å²) in [7, 11) is 0. The van der Waals surface area contributed by atoms with E-state index in [1.165, 1.54) is 12.1 Å². The molecule has 1 aliphatic heterocycles. The number of thiophene rings is 1. The van der Waals surface area contributed by atoms with Crippen molar-refractivity contribution in [2.45, 2.75) is 13.0 Å². The minimum absolute atomic E-state index is 0.0190. The molecule has 0 N–H and O–H groups in total. The number of benzene rings is 1. The van der Waals surface area contributed by atoms with Crippen LogP contribution < -0.4 is 9.64 Å². The highest BCUT2D eigenvalue weighted by Crippen LogP contribution is 2.27. The molecular formula is C19H18F2N4O2S. The van der Waals surface area contributed by atoms with Gasteiger partial charge in [0, 0.05) is 26.2 Å². The Kier molecular flexibility index (Phi) is 5.34. The van der Waals surface area contributed by atoms with E-state index >= 15 is 0 Å². The van der Waals surface area contributed by atoms with E-state index in [1.807, 2.05) is 16.3 Å². The molecule has 0 radical (unpaired) electrons. The molecule has 1 amide bonds. The molecule has 1 aromatic carbocycles. The quantitative estimate of drug-likeness (QED) is 0.654. The van der Waals surface area contributed by atoms with Crippen LogP contribution in [0.4, 0.5) is 14.6 Å². The number of rotatable bonds is 5. The van der Waals surface area contributed by atoms with Gasteiger partial charge >= 0.3 is 6.61 Å². The van der Waals surface area contributed by atoms with Crippen molar-refractivity contribution in [2.75, 3.05) is 31.1 Å². The Morgan fingerprint density at radius 3 is 2.57 bits per heavy atom. The Morgan fingerprint density at radius 2 is 1.86 bits per heavy atom. The van der Waals surface area contributed by atoms with Crippen LogP contribution in [-0.2, 0) is 11.2 Å². The minimum atomic E-state index is -2.85. The first kappa shape index (κ1) is 18.5. The van der Waals surface area contributed by atoms with Crippen molar-refractivity contribution in [3.63, 3.8) is 0 Å². The molecule has 146 valence electrons.